The Morgan fingerprint density at radius 3 is 2.48 bits per heavy atom. The number of aromatic nitrogens is 4. The van der Waals surface area contributed by atoms with Gasteiger partial charge in [0.25, 0.3) is 11.5 Å². The maximum Gasteiger partial charge on any atom is 0.255 e. The average molecular weight is 390 g/mol. The molecule has 3 aromatic heterocycles. The van der Waals surface area contributed by atoms with Gasteiger partial charge in [0.15, 0.2) is 0 Å². The number of carbonyl (C=O) groups excluding carboxylic acids is 1. The van der Waals surface area contributed by atoms with Crippen molar-refractivity contribution in [3.8, 4) is 11.4 Å². The lowest BCUT2D eigenvalue weighted by molar-refractivity contribution is 0.0746. The van der Waals surface area contributed by atoms with Gasteiger partial charge in [-0.3, -0.25) is 14.6 Å². The molecular weight excluding hydrogens is 368 g/mol. The highest BCUT2D eigenvalue weighted by Crippen LogP contribution is 2.19. The van der Waals surface area contributed by atoms with E-state index in [0.29, 0.717) is 48.8 Å². The van der Waals surface area contributed by atoms with E-state index in [1.165, 1.54) is 0 Å². The lowest BCUT2D eigenvalue weighted by Crippen LogP contribution is -2.49. The van der Waals surface area contributed by atoms with E-state index in [1.54, 1.807) is 37.6 Å². The molecule has 0 saturated carbocycles. The summed E-state index contributed by atoms with van der Waals surface area (Å²) in [5.41, 5.74) is 2.57. The first kappa shape index (κ1) is 18.8. The molecule has 4 heterocycles. The summed E-state index contributed by atoms with van der Waals surface area (Å²) in [7, 11) is 0. The van der Waals surface area contributed by atoms with Crippen molar-refractivity contribution >= 4 is 11.7 Å². The number of nitrogens with one attached hydrogen (secondary N) is 1. The summed E-state index contributed by atoms with van der Waals surface area (Å²) in [6.07, 6.45) is 4.98. The second-order valence-corrected chi connectivity index (χ2v) is 7.05. The van der Waals surface area contributed by atoms with Crippen molar-refractivity contribution in [2.45, 2.75) is 13.8 Å². The average Bonchev–Trinajstić information content (AvgIpc) is 2.77. The van der Waals surface area contributed by atoms with Crippen LogP contribution in [0, 0.1) is 13.8 Å². The first-order valence-corrected chi connectivity index (χ1v) is 9.51. The van der Waals surface area contributed by atoms with Crippen LogP contribution in [0.4, 0.5) is 5.82 Å². The summed E-state index contributed by atoms with van der Waals surface area (Å²) in [6.45, 7) is 6.24. The Hall–Kier alpha value is -3.55. The van der Waals surface area contributed by atoms with Crippen molar-refractivity contribution in [3.63, 3.8) is 0 Å². The van der Waals surface area contributed by atoms with E-state index in [4.69, 9.17) is 0 Å². The summed E-state index contributed by atoms with van der Waals surface area (Å²) < 4.78 is 0. The molecule has 1 saturated heterocycles. The second-order valence-electron chi connectivity index (χ2n) is 7.05. The molecule has 1 aliphatic rings. The number of hydrogen-bond acceptors (Lipinski definition) is 6. The van der Waals surface area contributed by atoms with Gasteiger partial charge < -0.3 is 14.8 Å². The predicted octanol–water partition coefficient (Wildman–Crippen LogP) is 1.81. The van der Waals surface area contributed by atoms with Gasteiger partial charge in [0.1, 0.15) is 11.6 Å². The topological polar surface area (TPSA) is 95.1 Å². The van der Waals surface area contributed by atoms with Crippen LogP contribution in [-0.2, 0) is 0 Å². The largest absolute Gasteiger partial charge is 0.353 e. The number of aryl methyl sites for hydroxylation is 1. The maximum absolute atomic E-state index is 12.5. The fraction of sp³-hybridized carbons (Fsp3) is 0.286. The summed E-state index contributed by atoms with van der Waals surface area (Å²) in [5, 5.41) is 0. The number of amides is 1. The SMILES string of the molecule is Cc1nc(-c2ccc(N3CCN(C(=O)c4cccnc4)CC3)nc2)[nH]c(=O)c1C. The summed E-state index contributed by atoms with van der Waals surface area (Å²) in [5.74, 6) is 1.36. The van der Waals surface area contributed by atoms with Gasteiger partial charge >= 0.3 is 0 Å². The fourth-order valence-corrected chi connectivity index (χ4v) is 3.31. The van der Waals surface area contributed by atoms with Gasteiger partial charge in [-0.25, -0.2) is 9.97 Å². The first-order valence-electron chi connectivity index (χ1n) is 9.51. The first-order chi connectivity index (χ1) is 14.0. The fourth-order valence-electron chi connectivity index (χ4n) is 3.31. The van der Waals surface area contributed by atoms with Crippen LogP contribution in [0.15, 0.2) is 47.7 Å². The van der Waals surface area contributed by atoms with Gasteiger partial charge in [-0.05, 0) is 38.1 Å². The minimum Gasteiger partial charge on any atom is -0.353 e. The smallest absolute Gasteiger partial charge is 0.255 e. The Balaban J connectivity index is 1.43. The van der Waals surface area contributed by atoms with E-state index >= 15 is 0 Å². The Morgan fingerprint density at radius 2 is 1.86 bits per heavy atom. The molecule has 1 fully saturated rings. The molecule has 8 nitrogen and oxygen atoms in total. The summed E-state index contributed by atoms with van der Waals surface area (Å²) >= 11 is 0. The van der Waals surface area contributed by atoms with Gasteiger partial charge in [-0.2, -0.15) is 0 Å². The quantitative estimate of drug-likeness (QED) is 0.733. The van der Waals surface area contributed by atoms with Crippen LogP contribution < -0.4 is 10.5 Å². The molecule has 1 aliphatic heterocycles. The molecule has 0 aliphatic carbocycles. The molecule has 0 radical (unpaired) electrons. The number of carbonyl (C=O) groups is 1. The van der Waals surface area contributed by atoms with Crippen LogP contribution in [-0.4, -0.2) is 56.9 Å². The molecule has 0 unspecified atom stereocenters. The van der Waals surface area contributed by atoms with Crippen LogP contribution in [0.5, 0.6) is 0 Å². The van der Waals surface area contributed by atoms with Crippen molar-refractivity contribution in [1.29, 1.82) is 0 Å². The highest BCUT2D eigenvalue weighted by atomic mass is 16.2. The molecule has 8 heteroatoms. The Labute approximate surface area is 168 Å². The second kappa shape index (κ2) is 7.83. The maximum atomic E-state index is 12.5. The number of piperazine rings is 1. The predicted molar refractivity (Wildman–Crippen MR) is 110 cm³/mol. The minimum atomic E-state index is -0.133. The Kier molecular flexibility index (Phi) is 5.07. The number of aromatic amines is 1. The molecule has 0 aromatic carbocycles. The van der Waals surface area contributed by atoms with E-state index in [1.807, 2.05) is 24.0 Å². The summed E-state index contributed by atoms with van der Waals surface area (Å²) in [4.78, 5) is 44.3. The van der Waals surface area contributed by atoms with E-state index in [9.17, 15) is 9.59 Å². The van der Waals surface area contributed by atoms with E-state index in [0.717, 1.165) is 11.4 Å². The third kappa shape index (κ3) is 3.87. The number of H-pyrrole nitrogens is 1. The standard InChI is InChI=1S/C21H22N6O2/c1-14-15(2)24-19(25-20(14)28)16-5-6-18(23-13-16)26-8-10-27(11-9-26)21(29)17-4-3-7-22-12-17/h3-7,12-13H,8-11H2,1-2H3,(H,24,25,28). The lowest BCUT2D eigenvalue weighted by atomic mass is 10.2. The molecule has 0 spiro atoms. The zero-order valence-electron chi connectivity index (χ0n) is 16.4. The Morgan fingerprint density at radius 1 is 1.07 bits per heavy atom. The molecule has 0 atom stereocenters. The van der Waals surface area contributed by atoms with E-state index < -0.39 is 0 Å². The van der Waals surface area contributed by atoms with Crippen molar-refractivity contribution < 1.29 is 4.79 Å². The van der Waals surface area contributed by atoms with Gasteiger partial charge in [0, 0.05) is 61.6 Å². The van der Waals surface area contributed by atoms with Crippen LogP contribution in [0.25, 0.3) is 11.4 Å². The van der Waals surface area contributed by atoms with Crippen LogP contribution in [0.2, 0.25) is 0 Å². The van der Waals surface area contributed by atoms with Crippen molar-refractivity contribution in [1.82, 2.24) is 24.8 Å². The highest BCUT2D eigenvalue weighted by molar-refractivity contribution is 5.94. The van der Waals surface area contributed by atoms with Gasteiger partial charge in [0.05, 0.1) is 5.56 Å². The third-order valence-electron chi connectivity index (χ3n) is 5.22. The normalized spacial score (nSPS) is 14.1. The number of hydrogen-bond donors (Lipinski definition) is 1. The number of anilines is 1. The minimum absolute atomic E-state index is 0.00540. The summed E-state index contributed by atoms with van der Waals surface area (Å²) in [6, 6.07) is 7.38. The molecule has 3 aromatic rings. The molecule has 0 bridgehead atoms. The van der Waals surface area contributed by atoms with Crippen LogP contribution >= 0.6 is 0 Å². The van der Waals surface area contributed by atoms with Crippen LogP contribution in [0.1, 0.15) is 21.6 Å². The number of pyridine rings is 2. The van der Waals surface area contributed by atoms with E-state index in [-0.39, 0.29) is 11.5 Å². The molecule has 148 valence electrons. The lowest BCUT2D eigenvalue weighted by Gasteiger charge is -2.35. The Bertz CT molecular complexity index is 1070. The monoisotopic (exact) mass is 390 g/mol. The van der Waals surface area contributed by atoms with Crippen molar-refractivity contribution in [3.05, 3.63) is 70.0 Å². The van der Waals surface area contributed by atoms with Crippen LogP contribution in [0.3, 0.4) is 0 Å². The number of nitrogens with zero attached hydrogens (tertiary/aromatic N) is 5. The molecule has 4 rings (SSSR count). The molecule has 1 amide bonds. The zero-order valence-corrected chi connectivity index (χ0v) is 16.4. The molecule has 1 N–H and O–H groups in total. The number of rotatable bonds is 3. The van der Waals surface area contributed by atoms with Gasteiger partial charge in [0.2, 0.25) is 0 Å². The zero-order chi connectivity index (χ0) is 20.4. The third-order valence-corrected chi connectivity index (χ3v) is 5.22. The highest BCUT2D eigenvalue weighted by Gasteiger charge is 2.23. The van der Waals surface area contributed by atoms with Crippen molar-refractivity contribution in [2.24, 2.45) is 0 Å². The van der Waals surface area contributed by atoms with Crippen molar-refractivity contribution in [2.75, 3.05) is 31.1 Å². The molecular formula is C21H22N6O2. The van der Waals surface area contributed by atoms with Gasteiger partial charge in [-0.1, -0.05) is 0 Å². The van der Waals surface area contributed by atoms with Gasteiger partial charge in [-0.15, -0.1) is 0 Å². The van der Waals surface area contributed by atoms with E-state index in [2.05, 4.69) is 24.8 Å². The molecule has 29 heavy (non-hydrogen) atoms.